The number of fused-ring (bicyclic) bond motifs is 1. The highest BCUT2D eigenvalue weighted by Crippen LogP contribution is 2.28. The van der Waals surface area contributed by atoms with Crippen molar-refractivity contribution in [2.24, 2.45) is 0 Å². The van der Waals surface area contributed by atoms with Crippen LogP contribution in [0.5, 0.6) is 0 Å². The van der Waals surface area contributed by atoms with Gasteiger partial charge < -0.3 is 5.32 Å². The minimum atomic E-state index is -3.48. The number of pyridine rings is 1. The summed E-state index contributed by atoms with van der Waals surface area (Å²) in [4.78, 5) is 19.0. The van der Waals surface area contributed by atoms with Crippen molar-refractivity contribution < 1.29 is 13.2 Å². The second kappa shape index (κ2) is 8.46. The fraction of sp³-hybridized carbons (Fsp3) is 0.167. The molecule has 0 radical (unpaired) electrons. The molecule has 4 aromatic rings. The van der Waals surface area contributed by atoms with E-state index >= 15 is 0 Å². The molecular weight excluding hydrogens is 442 g/mol. The largest absolute Gasteiger partial charge is 0.348 e. The Morgan fingerprint density at radius 2 is 1.81 bits per heavy atom. The van der Waals surface area contributed by atoms with Gasteiger partial charge in [-0.15, -0.1) is 11.3 Å². The summed E-state index contributed by atoms with van der Waals surface area (Å²) >= 11 is 1.58. The second-order valence-corrected chi connectivity index (χ2v) is 10.4. The van der Waals surface area contributed by atoms with E-state index in [2.05, 4.69) is 10.0 Å². The Bertz CT molecular complexity index is 1380. The molecule has 0 bridgehead atoms. The number of benzene rings is 2. The van der Waals surface area contributed by atoms with E-state index < -0.39 is 10.0 Å². The van der Waals surface area contributed by atoms with Gasteiger partial charge in [0.2, 0.25) is 10.0 Å². The number of carbonyl (C=O) groups is 1. The van der Waals surface area contributed by atoms with Gasteiger partial charge in [-0.05, 0) is 54.1 Å². The Balaban J connectivity index is 1.35. The number of thiophene rings is 1. The smallest absolute Gasteiger partial charge is 0.252 e. The normalized spacial score (nSPS) is 13.9. The average molecular weight is 464 g/mol. The van der Waals surface area contributed by atoms with Crippen LogP contribution in [0.4, 0.5) is 0 Å². The number of sulfonamides is 1. The van der Waals surface area contributed by atoms with Crippen LogP contribution in [0.15, 0.2) is 77.0 Å². The molecule has 0 unspecified atom stereocenters. The number of nitrogens with zero attached hydrogens (tertiary/aromatic N) is 1. The Kier molecular flexibility index (Phi) is 5.50. The minimum absolute atomic E-state index is 0.0632. The standard InChI is InChI=1S/C24H21N3O3S2/c28-24(25-15-16-7-11-18(12-8-16)32(29,30)27-17-9-10-17)20-14-22(23-6-3-13-31-23)26-21-5-2-1-4-19(20)21/h1-8,11-14,17,27H,9-10,15H2,(H,25,28). The maximum atomic E-state index is 13.1. The molecule has 0 atom stereocenters. The average Bonchev–Trinajstić information content (AvgIpc) is 3.43. The number of aromatic nitrogens is 1. The summed E-state index contributed by atoms with van der Waals surface area (Å²) in [5.74, 6) is -0.200. The van der Waals surface area contributed by atoms with Crippen molar-refractivity contribution in [3.63, 3.8) is 0 Å². The van der Waals surface area contributed by atoms with Gasteiger partial charge in [-0.25, -0.2) is 18.1 Å². The van der Waals surface area contributed by atoms with Gasteiger partial charge in [0.1, 0.15) is 0 Å². The zero-order valence-corrected chi connectivity index (χ0v) is 18.7. The molecule has 1 fully saturated rings. The van der Waals surface area contributed by atoms with Crippen LogP contribution >= 0.6 is 11.3 Å². The van der Waals surface area contributed by atoms with Gasteiger partial charge in [0.25, 0.3) is 5.91 Å². The molecule has 5 rings (SSSR count). The molecule has 0 aliphatic heterocycles. The summed E-state index contributed by atoms with van der Waals surface area (Å²) in [6.45, 7) is 0.292. The Morgan fingerprint density at radius 3 is 2.53 bits per heavy atom. The van der Waals surface area contributed by atoms with E-state index in [0.29, 0.717) is 12.1 Å². The molecule has 2 aromatic carbocycles. The summed E-state index contributed by atoms with van der Waals surface area (Å²) in [7, 11) is -3.48. The lowest BCUT2D eigenvalue weighted by molar-refractivity contribution is 0.0952. The molecule has 0 saturated heterocycles. The Labute approximate surface area is 190 Å². The van der Waals surface area contributed by atoms with Crippen molar-refractivity contribution in [1.82, 2.24) is 15.0 Å². The van der Waals surface area contributed by atoms with Crippen LogP contribution in [0.1, 0.15) is 28.8 Å². The number of rotatable bonds is 7. The highest BCUT2D eigenvalue weighted by Gasteiger charge is 2.27. The van der Waals surface area contributed by atoms with Crippen LogP contribution in [0.25, 0.3) is 21.5 Å². The van der Waals surface area contributed by atoms with Gasteiger partial charge in [-0.3, -0.25) is 4.79 Å². The highest BCUT2D eigenvalue weighted by atomic mass is 32.2. The first-order chi connectivity index (χ1) is 15.5. The SMILES string of the molecule is O=C(NCc1ccc(S(=O)(=O)NC2CC2)cc1)c1cc(-c2cccs2)nc2ccccc12. The molecule has 32 heavy (non-hydrogen) atoms. The lowest BCUT2D eigenvalue weighted by atomic mass is 10.1. The number of hydrogen-bond acceptors (Lipinski definition) is 5. The third-order valence-electron chi connectivity index (χ3n) is 5.32. The molecule has 0 spiro atoms. The molecule has 2 heterocycles. The van der Waals surface area contributed by atoms with Gasteiger partial charge in [-0.2, -0.15) is 0 Å². The maximum Gasteiger partial charge on any atom is 0.252 e. The molecule has 2 aromatic heterocycles. The minimum Gasteiger partial charge on any atom is -0.348 e. The molecule has 8 heteroatoms. The van der Waals surface area contributed by atoms with Gasteiger partial charge in [0, 0.05) is 18.0 Å². The van der Waals surface area contributed by atoms with E-state index in [0.717, 1.165) is 39.9 Å². The van der Waals surface area contributed by atoms with Crippen molar-refractivity contribution in [3.8, 4) is 10.6 Å². The molecule has 2 N–H and O–H groups in total. The van der Waals surface area contributed by atoms with Gasteiger partial charge >= 0.3 is 0 Å². The quantitative estimate of drug-likeness (QED) is 0.427. The van der Waals surface area contributed by atoms with Gasteiger partial charge in [0.05, 0.1) is 26.5 Å². The first kappa shape index (κ1) is 20.8. The summed E-state index contributed by atoms with van der Waals surface area (Å²) in [5.41, 5.74) is 2.91. The van der Waals surface area contributed by atoms with Crippen molar-refractivity contribution in [2.75, 3.05) is 0 Å². The zero-order chi connectivity index (χ0) is 22.1. The van der Waals surface area contributed by atoms with Crippen LogP contribution in [0.3, 0.4) is 0 Å². The van der Waals surface area contributed by atoms with E-state index in [9.17, 15) is 13.2 Å². The predicted octanol–water partition coefficient (Wildman–Crippen LogP) is 4.33. The summed E-state index contributed by atoms with van der Waals surface area (Å²) in [6.07, 6.45) is 1.78. The second-order valence-electron chi connectivity index (χ2n) is 7.77. The third-order valence-corrected chi connectivity index (χ3v) is 7.75. The number of amides is 1. The number of hydrogen-bond donors (Lipinski definition) is 2. The summed E-state index contributed by atoms with van der Waals surface area (Å²) < 4.78 is 27.3. The fourth-order valence-electron chi connectivity index (χ4n) is 3.47. The Morgan fingerprint density at radius 1 is 1.03 bits per heavy atom. The zero-order valence-electron chi connectivity index (χ0n) is 17.1. The molecule has 1 aliphatic rings. The lowest BCUT2D eigenvalue weighted by Crippen LogP contribution is -2.26. The first-order valence-electron chi connectivity index (χ1n) is 10.3. The van der Waals surface area contributed by atoms with E-state index in [-0.39, 0.29) is 16.8 Å². The van der Waals surface area contributed by atoms with Crippen LogP contribution < -0.4 is 10.0 Å². The van der Waals surface area contributed by atoms with Crippen LogP contribution in [-0.4, -0.2) is 25.4 Å². The predicted molar refractivity (Wildman–Crippen MR) is 126 cm³/mol. The fourth-order valence-corrected chi connectivity index (χ4v) is 5.46. The highest BCUT2D eigenvalue weighted by molar-refractivity contribution is 7.89. The number of carbonyl (C=O) groups excluding carboxylic acids is 1. The van der Waals surface area contributed by atoms with Gasteiger partial charge in [-0.1, -0.05) is 36.4 Å². The van der Waals surface area contributed by atoms with Crippen LogP contribution in [0.2, 0.25) is 0 Å². The first-order valence-corrected chi connectivity index (χ1v) is 12.7. The van der Waals surface area contributed by atoms with E-state index in [1.54, 1.807) is 35.6 Å². The van der Waals surface area contributed by atoms with E-state index in [4.69, 9.17) is 4.98 Å². The summed E-state index contributed by atoms with van der Waals surface area (Å²) in [6, 6.07) is 20.0. The molecule has 6 nitrogen and oxygen atoms in total. The van der Waals surface area contributed by atoms with Crippen LogP contribution in [-0.2, 0) is 16.6 Å². The molecule has 162 valence electrons. The number of nitrogens with one attached hydrogen (secondary N) is 2. The Hall–Kier alpha value is -3.07. The van der Waals surface area contributed by atoms with Crippen molar-refractivity contribution >= 4 is 38.2 Å². The van der Waals surface area contributed by atoms with Crippen LogP contribution in [0, 0.1) is 0 Å². The molecule has 1 amide bonds. The molecule has 1 aliphatic carbocycles. The molecule has 1 saturated carbocycles. The topological polar surface area (TPSA) is 88.2 Å². The maximum absolute atomic E-state index is 13.1. The van der Waals surface area contributed by atoms with Crippen molar-refractivity contribution in [2.45, 2.75) is 30.3 Å². The summed E-state index contributed by atoms with van der Waals surface area (Å²) in [5, 5.41) is 5.72. The molecular formula is C24H21N3O3S2. The number of para-hydroxylation sites is 1. The third kappa shape index (κ3) is 4.43. The monoisotopic (exact) mass is 463 g/mol. The van der Waals surface area contributed by atoms with Crippen molar-refractivity contribution in [1.29, 1.82) is 0 Å². The van der Waals surface area contributed by atoms with Crippen molar-refractivity contribution in [3.05, 3.63) is 83.2 Å². The van der Waals surface area contributed by atoms with E-state index in [1.807, 2.05) is 47.8 Å². The van der Waals surface area contributed by atoms with E-state index in [1.165, 1.54) is 0 Å². The van der Waals surface area contributed by atoms with Gasteiger partial charge in [0.15, 0.2) is 0 Å². The lowest BCUT2D eigenvalue weighted by Gasteiger charge is -2.11.